The van der Waals surface area contributed by atoms with Crippen LogP contribution in [0.1, 0.15) is 24.5 Å². The lowest BCUT2D eigenvalue weighted by atomic mass is 9.98. The molecule has 5 rings (SSSR count). The number of aliphatic hydroxyl groups excluding tert-OH is 1. The maximum absolute atomic E-state index is 14.6. The molecule has 0 aliphatic carbocycles. The van der Waals surface area contributed by atoms with Crippen LogP contribution in [-0.2, 0) is 4.79 Å². The zero-order valence-corrected chi connectivity index (χ0v) is 19.6. The third kappa shape index (κ3) is 4.94. The molecule has 0 bridgehead atoms. The summed E-state index contributed by atoms with van der Waals surface area (Å²) in [6.07, 6.45) is 0.733. The molecule has 3 aliphatic heterocycles. The van der Waals surface area contributed by atoms with Crippen molar-refractivity contribution >= 4 is 23.2 Å². The lowest BCUT2D eigenvalue weighted by Crippen LogP contribution is -2.52. The first-order chi connectivity index (χ1) is 16.5. The summed E-state index contributed by atoms with van der Waals surface area (Å²) in [6, 6.07) is 9.90. The number of aliphatic hydroxyl groups is 1. The second-order valence-corrected chi connectivity index (χ2v) is 9.59. The van der Waals surface area contributed by atoms with Gasteiger partial charge in [0.15, 0.2) is 17.3 Å². The van der Waals surface area contributed by atoms with Crippen LogP contribution in [-0.4, -0.2) is 67.9 Å². The van der Waals surface area contributed by atoms with Gasteiger partial charge >= 0.3 is 0 Å². The highest BCUT2D eigenvalue weighted by Crippen LogP contribution is 2.36. The van der Waals surface area contributed by atoms with E-state index >= 15 is 0 Å². The van der Waals surface area contributed by atoms with Crippen molar-refractivity contribution in [3.63, 3.8) is 0 Å². The number of amides is 1. The highest BCUT2D eigenvalue weighted by Gasteiger charge is 2.34. The summed E-state index contributed by atoms with van der Waals surface area (Å²) in [6.45, 7) is 4.31. The van der Waals surface area contributed by atoms with Crippen LogP contribution in [0.5, 0.6) is 11.5 Å². The number of benzene rings is 2. The summed E-state index contributed by atoms with van der Waals surface area (Å²) >= 11 is 5.99. The number of anilines is 1. The first kappa shape index (κ1) is 23.2. The van der Waals surface area contributed by atoms with Gasteiger partial charge in [0.2, 0.25) is 5.91 Å². The van der Waals surface area contributed by atoms with Crippen LogP contribution in [0.4, 0.5) is 10.1 Å². The topological polar surface area (TPSA) is 74.3 Å². The van der Waals surface area contributed by atoms with Crippen molar-refractivity contribution in [2.24, 2.45) is 5.92 Å². The molecule has 7 nitrogen and oxygen atoms in total. The van der Waals surface area contributed by atoms with Crippen LogP contribution in [0.3, 0.4) is 0 Å². The Morgan fingerprint density at radius 2 is 1.94 bits per heavy atom. The smallest absolute Gasteiger partial charge is 0.225 e. The van der Waals surface area contributed by atoms with Crippen LogP contribution >= 0.6 is 11.6 Å². The van der Waals surface area contributed by atoms with Crippen molar-refractivity contribution in [1.82, 2.24) is 10.2 Å². The minimum Gasteiger partial charge on any atom is -0.486 e. The number of nitrogens with one attached hydrogen (secondary N) is 1. The van der Waals surface area contributed by atoms with Crippen LogP contribution in [0.25, 0.3) is 0 Å². The normalized spacial score (nSPS) is 21.6. The first-order valence-electron chi connectivity index (χ1n) is 11.8. The summed E-state index contributed by atoms with van der Waals surface area (Å²) in [5.41, 5.74) is 1.39. The van der Waals surface area contributed by atoms with E-state index in [1.807, 2.05) is 24.3 Å². The summed E-state index contributed by atoms with van der Waals surface area (Å²) in [5, 5.41) is 14.9. The Hall–Kier alpha value is -2.55. The van der Waals surface area contributed by atoms with Gasteiger partial charge in [-0.3, -0.25) is 4.79 Å². The molecule has 2 aromatic carbocycles. The fourth-order valence-electron chi connectivity index (χ4n) is 4.76. The Balaban J connectivity index is 1.29. The first-order valence-corrected chi connectivity index (χ1v) is 12.2. The molecule has 3 heterocycles. The van der Waals surface area contributed by atoms with Gasteiger partial charge in [-0.25, -0.2) is 4.39 Å². The molecule has 0 aromatic heterocycles. The quantitative estimate of drug-likeness (QED) is 0.623. The Bertz CT molecular complexity index is 1030. The number of likely N-dealkylation sites (tertiary alicyclic amines) is 1. The predicted octanol–water partition coefficient (Wildman–Crippen LogP) is 3.00. The maximum atomic E-state index is 14.6. The molecule has 3 atom stereocenters. The van der Waals surface area contributed by atoms with E-state index in [4.69, 9.17) is 21.1 Å². The molecule has 0 spiro atoms. The molecule has 1 unspecified atom stereocenters. The van der Waals surface area contributed by atoms with Crippen molar-refractivity contribution in [2.45, 2.75) is 25.0 Å². The number of halogens is 2. The number of hydrogen-bond donors (Lipinski definition) is 2. The second kappa shape index (κ2) is 9.98. The largest absolute Gasteiger partial charge is 0.486 e. The molecule has 2 fully saturated rings. The zero-order valence-electron chi connectivity index (χ0n) is 18.9. The van der Waals surface area contributed by atoms with Crippen molar-refractivity contribution in [1.29, 1.82) is 0 Å². The van der Waals surface area contributed by atoms with Gasteiger partial charge in [0, 0.05) is 30.3 Å². The van der Waals surface area contributed by atoms with E-state index in [9.17, 15) is 14.3 Å². The van der Waals surface area contributed by atoms with Crippen LogP contribution in [0.2, 0.25) is 5.02 Å². The van der Waals surface area contributed by atoms with E-state index in [-0.39, 0.29) is 29.9 Å². The second-order valence-electron chi connectivity index (χ2n) is 9.15. The van der Waals surface area contributed by atoms with Crippen LogP contribution in [0.15, 0.2) is 36.4 Å². The van der Waals surface area contributed by atoms with Gasteiger partial charge in [0.1, 0.15) is 19.3 Å². The van der Waals surface area contributed by atoms with E-state index < -0.39 is 18.0 Å². The molecule has 2 saturated heterocycles. The average molecular weight is 490 g/mol. The summed E-state index contributed by atoms with van der Waals surface area (Å²) in [4.78, 5) is 17.5. The van der Waals surface area contributed by atoms with E-state index in [1.54, 1.807) is 6.07 Å². The number of carbonyl (C=O) groups is 1. The molecule has 1 amide bonds. The van der Waals surface area contributed by atoms with Crippen molar-refractivity contribution in [3.05, 3.63) is 52.8 Å². The van der Waals surface area contributed by atoms with E-state index in [0.717, 1.165) is 38.2 Å². The zero-order chi connectivity index (χ0) is 23.7. The van der Waals surface area contributed by atoms with Gasteiger partial charge in [-0.1, -0.05) is 11.6 Å². The van der Waals surface area contributed by atoms with Crippen LogP contribution in [0, 0.1) is 11.7 Å². The molecular formula is C25H29ClFN3O4. The standard InChI is InChI=1S/C25H29ClFN3O4/c26-18-2-4-19(5-3-18)30-9-6-16(14-30)25(32)28-21(15-29-7-1-8-29)23(31)17-12-20(27)24-22(13-17)33-10-11-34-24/h2-5,12-13,16,21,23,31H,1,6-11,14-15H2,(H,28,32)/t16?,21-,23-/m1/s1. The Kier molecular flexibility index (Phi) is 6.81. The number of nitrogens with zero attached hydrogens (tertiary/aromatic N) is 2. The molecule has 2 N–H and O–H groups in total. The van der Waals surface area contributed by atoms with E-state index in [1.165, 1.54) is 6.07 Å². The minimum absolute atomic E-state index is 0.0683. The number of hydrogen-bond acceptors (Lipinski definition) is 6. The van der Waals surface area contributed by atoms with Crippen molar-refractivity contribution < 1.29 is 23.8 Å². The molecule has 0 radical (unpaired) electrons. The SMILES string of the molecule is O=C(N[C@H](CN1CCC1)[C@H](O)c1cc(F)c2c(c1)OCCO2)C1CCN(c2ccc(Cl)cc2)C1. The number of ether oxygens (including phenoxy) is 2. The molecule has 34 heavy (non-hydrogen) atoms. The number of rotatable bonds is 7. The monoisotopic (exact) mass is 489 g/mol. The van der Waals surface area contributed by atoms with E-state index in [2.05, 4.69) is 15.1 Å². The predicted molar refractivity (Wildman–Crippen MR) is 127 cm³/mol. The lowest BCUT2D eigenvalue weighted by Gasteiger charge is -2.36. The van der Waals surface area contributed by atoms with Gasteiger partial charge in [0.05, 0.1) is 12.0 Å². The average Bonchev–Trinajstić information content (AvgIpc) is 3.31. The van der Waals surface area contributed by atoms with Gasteiger partial charge in [-0.15, -0.1) is 0 Å². The highest BCUT2D eigenvalue weighted by molar-refractivity contribution is 6.30. The van der Waals surface area contributed by atoms with E-state index in [0.29, 0.717) is 30.3 Å². The third-order valence-electron chi connectivity index (χ3n) is 6.82. The van der Waals surface area contributed by atoms with Gasteiger partial charge in [-0.05, 0) is 67.9 Å². The third-order valence-corrected chi connectivity index (χ3v) is 7.08. The van der Waals surface area contributed by atoms with Gasteiger partial charge < -0.3 is 29.7 Å². The molecule has 2 aromatic rings. The van der Waals surface area contributed by atoms with Gasteiger partial charge in [-0.2, -0.15) is 0 Å². The summed E-state index contributed by atoms with van der Waals surface area (Å²) < 4.78 is 25.5. The Morgan fingerprint density at radius 1 is 1.18 bits per heavy atom. The number of carbonyl (C=O) groups excluding carboxylic acids is 1. The molecule has 9 heteroatoms. The van der Waals surface area contributed by atoms with Crippen molar-refractivity contribution in [2.75, 3.05) is 50.8 Å². The summed E-state index contributed by atoms with van der Waals surface area (Å²) in [7, 11) is 0. The molecule has 0 saturated carbocycles. The number of fused-ring (bicyclic) bond motifs is 1. The fraction of sp³-hybridized carbons (Fsp3) is 0.480. The maximum Gasteiger partial charge on any atom is 0.225 e. The molecular weight excluding hydrogens is 461 g/mol. The lowest BCUT2D eigenvalue weighted by molar-refractivity contribution is -0.126. The molecule has 182 valence electrons. The van der Waals surface area contributed by atoms with Gasteiger partial charge in [0.25, 0.3) is 0 Å². The highest BCUT2D eigenvalue weighted by atomic mass is 35.5. The minimum atomic E-state index is -1.08. The fourth-order valence-corrected chi connectivity index (χ4v) is 4.89. The van der Waals surface area contributed by atoms with Crippen molar-refractivity contribution in [3.8, 4) is 11.5 Å². The Labute approximate surface area is 203 Å². The molecule has 3 aliphatic rings. The Morgan fingerprint density at radius 3 is 2.68 bits per heavy atom. The summed E-state index contributed by atoms with van der Waals surface area (Å²) in [5.74, 6) is -0.519. The van der Waals surface area contributed by atoms with Crippen LogP contribution < -0.4 is 19.7 Å².